The highest BCUT2D eigenvalue weighted by Gasteiger charge is 2.03. The molecule has 0 saturated heterocycles. The van der Waals surface area contributed by atoms with E-state index in [1.54, 1.807) is 0 Å². The summed E-state index contributed by atoms with van der Waals surface area (Å²) in [5, 5.41) is 11.7. The molecule has 0 fully saturated rings. The van der Waals surface area contributed by atoms with Crippen LogP contribution < -0.4 is 5.32 Å². The topological polar surface area (TPSA) is 42.7 Å². The Morgan fingerprint density at radius 3 is 2.69 bits per heavy atom. The summed E-state index contributed by atoms with van der Waals surface area (Å²) in [6.07, 6.45) is 4.18. The molecule has 0 spiro atoms. The third-order valence-corrected chi connectivity index (χ3v) is 2.32. The SMILES string of the molecule is CC(C)Cc1cn(CCCNC(C)C)nn1. The Morgan fingerprint density at radius 1 is 1.31 bits per heavy atom. The molecule has 1 rings (SSSR count). The molecule has 0 unspecified atom stereocenters. The Labute approximate surface area is 98.4 Å². The predicted molar refractivity (Wildman–Crippen MR) is 66.3 cm³/mol. The third kappa shape index (κ3) is 5.26. The van der Waals surface area contributed by atoms with E-state index < -0.39 is 0 Å². The fourth-order valence-corrected chi connectivity index (χ4v) is 1.59. The van der Waals surface area contributed by atoms with Crippen molar-refractivity contribution in [1.82, 2.24) is 20.3 Å². The molecule has 0 saturated carbocycles. The van der Waals surface area contributed by atoms with E-state index in [0.717, 1.165) is 31.6 Å². The standard InChI is InChI=1S/C12H24N4/c1-10(2)8-12-9-16(15-14-12)7-5-6-13-11(3)4/h9-11,13H,5-8H2,1-4H3. The fourth-order valence-electron chi connectivity index (χ4n) is 1.59. The molecule has 1 heterocycles. The van der Waals surface area contributed by atoms with Gasteiger partial charge in [0.25, 0.3) is 0 Å². The maximum atomic E-state index is 4.16. The number of hydrogen-bond donors (Lipinski definition) is 1. The van der Waals surface area contributed by atoms with E-state index in [0.29, 0.717) is 12.0 Å². The first-order valence-corrected chi connectivity index (χ1v) is 6.20. The number of aryl methyl sites for hydroxylation is 1. The summed E-state index contributed by atoms with van der Waals surface area (Å²) in [6, 6.07) is 0.562. The van der Waals surface area contributed by atoms with Crippen molar-refractivity contribution in [2.75, 3.05) is 6.54 Å². The molecule has 0 amide bonds. The predicted octanol–water partition coefficient (Wildman–Crippen LogP) is 1.86. The third-order valence-electron chi connectivity index (χ3n) is 2.32. The number of aromatic nitrogens is 3. The lowest BCUT2D eigenvalue weighted by molar-refractivity contribution is 0.505. The molecule has 0 aliphatic carbocycles. The van der Waals surface area contributed by atoms with Gasteiger partial charge in [0, 0.05) is 18.8 Å². The van der Waals surface area contributed by atoms with Gasteiger partial charge in [0.1, 0.15) is 0 Å². The Hall–Kier alpha value is -0.900. The van der Waals surface area contributed by atoms with Crippen molar-refractivity contribution in [1.29, 1.82) is 0 Å². The maximum Gasteiger partial charge on any atom is 0.0829 e. The summed E-state index contributed by atoms with van der Waals surface area (Å²) in [5.74, 6) is 0.646. The zero-order valence-corrected chi connectivity index (χ0v) is 10.9. The van der Waals surface area contributed by atoms with Gasteiger partial charge in [0.2, 0.25) is 0 Å². The van der Waals surface area contributed by atoms with Gasteiger partial charge in [0.15, 0.2) is 0 Å². The largest absolute Gasteiger partial charge is 0.314 e. The molecule has 1 aromatic heterocycles. The van der Waals surface area contributed by atoms with Crippen LogP contribution >= 0.6 is 0 Å². The first-order valence-electron chi connectivity index (χ1n) is 6.20. The van der Waals surface area contributed by atoms with Gasteiger partial charge in [-0.05, 0) is 25.3 Å². The number of rotatable bonds is 7. The Morgan fingerprint density at radius 2 is 2.06 bits per heavy atom. The lowest BCUT2D eigenvalue weighted by Gasteiger charge is -2.06. The van der Waals surface area contributed by atoms with Crippen molar-refractivity contribution in [3.63, 3.8) is 0 Å². The normalized spacial score (nSPS) is 11.6. The highest BCUT2D eigenvalue weighted by molar-refractivity contribution is 4.93. The zero-order chi connectivity index (χ0) is 12.0. The minimum atomic E-state index is 0.562. The van der Waals surface area contributed by atoms with Gasteiger partial charge in [0.05, 0.1) is 5.69 Å². The van der Waals surface area contributed by atoms with Crippen LogP contribution in [0.2, 0.25) is 0 Å². The van der Waals surface area contributed by atoms with E-state index in [4.69, 9.17) is 0 Å². The Balaban J connectivity index is 2.24. The molecule has 4 heteroatoms. The van der Waals surface area contributed by atoms with Gasteiger partial charge >= 0.3 is 0 Å². The molecule has 0 aliphatic rings. The summed E-state index contributed by atoms with van der Waals surface area (Å²) < 4.78 is 1.94. The quantitative estimate of drug-likeness (QED) is 0.719. The van der Waals surface area contributed by atoms with Gasteiger partial charge in [-0.2, -0.15) is 0 Å². The molecule has 0 aliphatic heterocycles. The second-order valence-electron chi connectivity index (χ2n) is 5.03. The second kappa shape index (κ2) is 6.63. The molecule has 16 heavy (non-hydrogen) atoms. The minimum Gasteiger partial charge on any atom is -0.314 e. The van der Waals surface area contributed by atoms with Crippen LogP contribution in [0.3, 0.4) is 0 Å². The molecular weight excluding hydrogens is 200 g/mol. The average Bonchev–Trinajstić information content (AvgIpc) is 2.59. The molecule has 1 aromatic rings. The van der Waals surface area contributed by atoms with E-state index in [1.807, 2.05) is 4.68 Å². The van der Waals surface area contributed by atoms with Crippen LogP contribution in [0.5, 0.6) is 0 Å². The van der Waals surface area contributed by atoms with E-state index in [-0.39, 0.29) is 0 Å². The molecule has 0 atom stereocenters. The summed E-state index contributed by atoms with van der Waals surface area (Å²) in [6.45, 7) is 10.7. The van der Waals surface area contributed by atoms with Crippen LogP contribution in [-0.4, -0.2) is 27.6 Å². The van der Waals surface area contributed by atoms with Gasteiger partial charge in [-0.3, -0.25) is 4.68 Å². The summed E-state index contributed by atoms with van der Waals surface area (Å²) >= 11 is 0. The Kier molecular flexibility index (Phi) is 5.46. The highest BCUT2D eigenvalue weighted by atomic mass is 15.4. The smallest absolute Gasteiger partial charge is 0.0829 e. The molecule has 92 valence electrons. The molecule has 0 bridgehead atoms. The maximum absolute atomic E-state index is 4.16. The van der Waals surface area contributed by atoms with Crippen molar-refractivity contribution < 1.29 is 0 Å². The number of nitrogens with zero attached hydrogens (tertiary/aromatic N) is 3. The van der Waals surface area contributed by atoms with Gasteiger partial charge < -0.3 is 5.32 Å². The monoisotopic (exact) mass is 224 g/mol. The van der Waals surface area contributed by atoms with Crippen LogP contribution in [0.4, 0.5) is 0 Å². The second-order valence-corrected chi connectivity index (χ2v) is 5.03. The van der Waals surface area contributed by atoms with E-state index in [9.17, 15) is 0 Å². The first kappa shape index (κ1) is 13.2. The van der Waals surface area contributed by atoms with E-state index >= 15 is 0 Å². The van der Waals surface area contributed by atoms with Crippen LogP contribution in [0.1, 0.15) is 39.8 Å². The fraction of sp³-hybridized carbons (Fsp3) is 0.833. The van der Waals surface area contributed by atoms with Crippen molar-refractivity contribution in [2.24, 2.45) is 5.92 Å². The van der Waals surface area contributed by atoms with E-state index in [2.05, 4.69) is 49.5 Å². The van der Waals surface area contributed by atoms with Crippen molar-refractivity contribution in [2.45, 2.75) is 53.1 Å². The average molecular weight is 224 g/mol. The lowest BCUT2D eigenvalue weighted by atomic mass is 10.1. The summed E-state index contributed by atoms with van der Waals surface area (Å²) in [5.41, 5.74) is 1.10. The summed E-state index contributed by atoms with van der Waals surface area (Å²) in [4.78, 5) is 0. The van der Waals surface area contributed by atoms with E-state index in [1.165, 1.54) is 0 Å². The highest BCUT2D eigenvalue weighted by Crippen LogP contribution is 2.03. The molecule has 0 radical (unpaired) electrons. The first-order chi connectivity index (χ1) is 7.58. The lowest BCUT2D eigenvalue weighted by Crippen LogP contribution is -2.24. The molecular formula is C12H24N4. The number of nitrogens with one attached hydrogen (secondary N) is 1. The molecule has 4 nitrogen and oxygen atoms in total. The molecule has 1 N–H and O–H groups in total. The van der Waals surface area contributed by atoms with Crippen molar-refractivity contribution in [3.05, 3.63) is 11.9 Å². The van der Waals surface area contributed by atoms with Crippen LogP contribution in [0.25, 0.3) is 0 Å². The Bertz CT molecular complexity index is 291. The van der Waals surface area contributed by atoms with Crippen molar-refractivity contribution in [3.8, 4) is 0 Å². The van der Waals surface area contributed by atoms with Gasteiger partial charge in [-0.25, -0.2) is 0 Å². The van der Waals surface area contributed by atoms with Crippen molar-refractivity contribution >= 4 is 0 Å². The van der Waals surface area contributed by atoms with Gasteiger partial charge in [-0.15, -0.1) is 5.10 Å². The molecule has 0 aromatic carbocycles. The zero-order valence-electron chi connectivity index (χ0n) is 10.9. The van der Waals surface area contributed by atoms with Gasteiger partial charge in [-0.1, -0.05) is 32.9 Å². The number of hydrogen-bond acceptors (Lipinski definition) is 3. The summed E-state index contributed by atoms with van der Waals surface area (Å²) in [7, 11) is 0. The minimum absolute atomic E-state index is 0.562. The van der Waals surface area contributed by atoms with Crippen LogP contribution in [0.15, 0.2) is 6.20 Å². The van der Waals surface area contributed by atoms with Crippen LogP contribution in [0, 0.1) is 5.92 Å². The van der Waals surface area contributed by atoms with Crippen LogP contribution in [-0.2, 0) is 13.0 Å².